The van der Waals surface area contributed by atoms with Crippen molar-refractivity contribution in [2.45, 2.75) is 17.4 Å². The molecule has 2 aromatic rings. The summed E-state index contributed by atoms with van der Waals surface area (Å²) in [6.07, 6.45) is 2.38. The van der Waals surface area contributed by atoms with E-state index in [9.17, 15) is 18.0 Å². The summed E-state index contributed by atoms with van der Waals surface area (Å²) < 4.78 is 32.1. The highest BCUT2D eigenvalue weighted by molar-refractivity contribution is 7.98. The van der Waals surface area contributed by atoms with E-state index < -0.39 is 16.1 Å². The van der Waals surface area contributed by atoms with Crippen LogP contribution in [0.15, 0.2) is 59.5 Å². The molecule has 8 nitrogen and oxygen atoms in total. The molecule has 1 atom stereocenters. The Morgan fingerprint density at radius 3 is 2.32 bits per heavy atom. The molecular weight excluding hydrogens is 438 g/mol. The summed E-state index contributed by atoms with van der Waals surface area (Å²) in [6, 6.07) is 13.9. The van der Waals surface area contributed by atoms with Crippen molar-refractivity contribution in [3.8, 4) is 5.75 Å². The van der Waals surface area contributed by atoms with Crippen LogP contribution in [-0.4, -0.2) is 58.5 Å². The molecule has 168 valence electrons. The average Bonchev–Trinajstić information content (AvgIpc) is 2.79. The summed E-state index contributed by atoms with van der Waals surface area (Å²) in [6.45, 7) is 0.104. The number of sulfonamides is 1. The first-order valence-corrected chi connectivity index (χ1v) is 12.5. The quantitative estimate of drug-likeness (QED) is 0.411. The van der Waals surface area contributed by atoms with Gasteiger partial charge in [-0.05, 0) is 54.8 Å². The molecule has 0 aliphatic heterocycles. The fourth-order valence-electron chi connectivity index (χ4n) is 2.67. The van der Waals surface area contributed by atoms with E-state index >= 15 is 0 Å². The van der Waals surface area contributed by atoms with Crippen molar-refractivity contribution in [3.63, 3.8) is 0 Å². The topological polar surface area (TPSA) is 114 Å². The Morgan fingerprint density at radius 2 is 1.71 bits per heavy atom. The molecule has 0 aliphatic carbocycles. The number of benzene rings is 2. The zero-order valence-electron chi connectivity index (χ0n) is 17.5. The van der Waals surface area contributed by atoms with Gasteiger partial charge in [0.2, 0.25) is 15.9 Å². The van der Waals surface area contributed by atoms with E-state index in [4.69, 9.17) is 4.74 Å². The maximum Gasteiger partial charge on any atom is 0.251 e. The van der Waals surface area contributed by atoms with E-state index in [1.807, 2.05) is 12.3 Å². The van der Waals surface area contributed by atoms with Crippen LogP contribution in [0.1, 0.15) is 16.8 Å². The van der Waals surface area contributed by atoms with Crippen LogP contribution in [0.2, 0.25) is 0 Å². The van der Waals surface area contributed by atoms with E-state index in [1.165, 1.54) is 19.2 Å². The van der Waals surface area contributed by atoms with Crippen LogP contribution < -0.4 is 20.1 Å². The lowest BCUT2D eigenvalue weighted by Gasteiger charge is -2.18. The number of ether oxygens (including phenoxy) is 1. The largest absolute Gasteiger partial charge is 0.497 e. The number of nitrogens with one attached hydrogen (secondary N) is 3. The molecule has 3 N–H and O–H groups in total. The Balaban J connectivity index is 1.87. The first-order valence-electron chi connectivity index (χ1n) is 9.63. The second-order valence-electron chi connectivity index (χ2n) is 6.54. The summed E-state index contributed by atoms with van der Waals surface area (Å²) in [7, 11) is -2.20. The fourth-order valence-corrected chi connectivity index (χ4v) is 4.17. The van der Waals surface area contributed by atoms with Gasteiger partial charge in [0.25, 0.3) is 5.91 Å². The highest BCUT2D eigenvalue weighted by atomic mass is 32.2. The standard InChI is InChI=1S/C21H27N3O5S2/c1-29-17-8-10-18(11-9-17)31(27,28)23-14-13-22-21(26)19(12-15-30-2)24-20(25)16-6-4-3-5-7-16/h3-11,19,23H,12-15H2,1-2H3,(H,22,26)(H,24,25). The van der Waals surface area contributed by atoms with Gasteiger partial charge in [-0.15, -0.1) is 0 Å². The number of amides is 2. The summed E-state index contributed by atoms with van der Waals surface area (Å²) in [5.41, 5.74) is 0.469. The minimum Gasteiger partial charge on any atom is -0.497 e. The lowest BCUT2D eigenvalue weighted by Crippen LogP contribution is -2.48. The molecule has 0 aromatic heterocycles. The third-order valence-corrected chi connectivity index (χ3v) is 6.48. The predicted octanol–water partition coefficient (Wildman–Crippen LogP) is 1.64. The van der Waals surface area contributed by atoms with Crippen LogP contribution in [0, 0.1) is 0 Å². The smallest absolute Gasteiger partial charge is 0.251 e. The van der Waals surface area contributed by atoms with Crippen molar-refractivity contribution in [1.29, 1.82) is 0 Å². The Morgan fingerprint density at radius 1 is 1.03 bits per heavy atom. The van der Waals surface area contributed by atoms with Crippen LogP contribution in [-0.2, 0) is 14.8 Å². The maximum atomic E-state index is 12.6. The molecule has 31 heavy (non-hydrogen) atoms. The first-order chi connectivity index (χ1) is 14.9. The van der Waals surface area contributed by atoms with Crippen LogP contribution in [0.3, 0.4) is 0 Å². The van der Waals surface area contributed by atoms with Gasteiger partial charge in [0.15, 0.2) is 0 Å². The number of hydrogen-bond donors (Lipinski definition) is 3. The third kappa shape index (κ3) is 7.89. The highest BCUT2D eigenvalue weighted by Gasteiger charge is 2.21. The predicted molar refractivity (Wildman–Crippen MR) is 122 cm³/mol. The molecule has 2 rings (SSSR count). The lowest BCUT2D eigenvalue weighted by molar-refractivity contribution is -0.122. The van der Waals surface area contributed by atoms with E-state index in [0.29, 0.717) is 23.5 Å². The molecule has 0 aliphatic rings. The molecule has 0 fully saturated rings. The van der Waals surface area contributed by atoms with Gasteiger partial charge in [0, 0.05) is 18.7 Å². The molecular formula is C21H27N3O5S2. The molecule has 0 heterocycles. The number of thioether (sulfide) groups is 1. The average molecular weight is 466 g/mol. The first kappa shape index (κ1) is 24.7. The zero-order chi connectivity index (χ0) is 22.7. The van der Waals surface area contributed by atoms with Crippen LogP contribution in [0.25, 0.3) is 0 Å². The van der Waals surface area contributed by atoms with E-state index in [0.717, 1.165) is 0 Å². The van der Waals surface area contributed by atoms with Gasteiger partial charge in [-0.2, -0.15) is 11.8 Å². The molecule has 2 amide bonds. The van der Waals surface area contributed by atoms with E-state index in [2.05, 4.69) is 15.4 Å². The van der Waals surface area contributed by atoms with Crippen molar-refractivity contribution in [2.24, 2.45) is 0 Å². The minimum absolute atomic E-state index is 0.0159. The van der Waals surface area contributed by atoms with Gasteiger partial charge >= 0.3 is 0 Å². The maximum absolute atomic E-state index is 12.6. The Labute approximate surface area is 187 Å². The summed E-state index contributed by atoms with van der Waals surface area (Å²) in [5, 5.41) is 5.43. The van der Waals surface area contributed by atoms with Crippen molar-refractivity contribution < 1.29 is 22.7 Å². The molecule has 2 aromatic carbocycles. The molecule has 0 saturated heterocycles. The third-order valence-electron chi connectivity index (χ3n) is 4.35. The van der Waals surface area contributed by atoms with Gasteiger partial charge < -0.3 is 15.4 Å². The van der Waals surface area contributed by atoms with Gasteiger partial charge in [-0.25, -0.2) is 13.1 Å². The number of hydrogen-bond acceptors (Lipinski definition) is 6. The lowest BCUT2D eigenvalue weighted by atomic mass is 10.1. The van der Waals surface area contributed by atoms with E-state index in [-0.39, 0.29) is 29.8 Å². The molecule has 0 radical (unpaired) electrons. The monoisotopic (exact) mass is 465 g/mol. The van der Waals surface area contributed by atoms with Crippen molar-refractivity contribution in [2.75, 3.05) is 32.2 Å². The van der Waals surface area contributed by atoms with Crippen molar-refractivity contribution in [3.05, 3.63) is 60.2 Å². The summed E-state index contributed by atoms with van der Waals surface area (Å²) >= 11 is 1.57. The second kappa shape index (κ2) is 12.3. The van der Waals surface area contributed by atoms with Crippen LogP contribution in [0.5, 0.6) is 5.75 Å². The molecule has 0 spiro atoms. The van der Waals surface area contributed by atoms with Crippen molar-refractivity contribution >= 4 is 33.6 Å². The zero-order valence-corrected chi connectivity index (χ0v) is 19.1. The normalized spacial score (nSPS) is 12.1. The minimum atomic E-state index is -3.70. The Bertz CT molecular complexity index is 951. The fraction of sp³-hybridized carbons (Fsp3) is 0.333. The molecule has 0 saturated carbocycles. The van der Waals surface area contributed by atoms with Crippen LogP contribution >= 0.6 is 11.8 Å². The molecule has 10 heteroatoms. The highest BCUT2D eigenvalue weighted by Crippen LogP contribution is 2.15. The SMILES string of the molecule is COc1ccc(S(=O)(=O)NCCNC(=O)C(CCSC)NC(=O)c2ccccc2)cc1. The second-order valence-corrected chi connectivity index (χ2v) is 9.29. The Hall–Kier alpha value is -2.56. The van der Waals surface area contributed by atoms with Gasteiger partial charge in [0.1, 0.15) is 11.8 Å². The van der Waals surface area contributed by atoms with Gasteiger partial charge in [-0.3, -0.25) is 9.59 Å². The summed E-state index contributed by atoms with van der Waals surface area (Å²) in [4.78, 5) is 25.0. The van der Waals surface area contributed by atoms with Crippen LogP contribution in [0.4, 0.5) is 0 Å². The molecule has 0 bridgehead atoms. The summed E-state index contributed by atoms with van der Waals surface area (Å²) in [5.74, 6) is 0.557. The number of rotatable bonds is 12. The Kier molecular flexibility index (Phi) is 9.83. The van der Waals surface area contributed by atoms with Crippen molar-refractivity contribution in [1.82, 2.24) is 15.4 Å². The number of carbonyl (C=O) groups is 2. The number of methoxy groups -OCH3 is 1. The molecule has 1 unspecified atom stereocenters. The van der Waals surface area contributed by atoms with E-state index in [1.54, 1.807) is 48.2 Å². The van der Waals surface area contributed by atoms with Gasteiger partial charge in [-0.1, -0.05) is 18.2 Å². The number of carbonyl (C=O) groups excluding carboxylic acids is 2. The van der Waals surface area contributed by atoms with Gasteiger partial charge in [0.05, 0.1) is 12.0 Å².